The van der Waals surface area contributed by atoms with Crippen molar-refractivity contribution in [1.29, 1.82) is 0 Å². The maximum absolute atomic E-state index is 13.3. The van der Waals surface area contributed by atoms with Crippen LogP contribution in [0.15, 0.2) is 58.3 Å². The Balaban J connectivity index is 1.53. The molecule has 1 aliphatic heterocycles. The molecule has 4 aromatic rings. The van der Waals surface area contributed by atoms with Gasteiger partial charge in [0, 0.05) is 27.9 Å². The highest BCUT2D eigenvalue weighted by Gasteiger charge is 2.39. The highest BCUT2D eigenvalue weighted by Crippen LogP contribution is 2.34. The summed E-state index contributed by atoms with van der Waals surface area (Å²) in [6.45, 7) is -0.219. The van der Waals surface area contributed by atoms with E-state index in [0.29, 0.717) is 22.3 Å². The van der Waals surface area contributed by atoms with Crippen LogP contribution < -0.4 is 10.5 Å². The summed E-state index contributed by atoms with van der Waals surface area (Å²) in [4.78, 5) is 46.3. The van der Waals surface area contributed by atoms with E-state index in [1.807, 2.05) is 41.1 Å². The fraction of sp³-hybridized carbons (Fsp3) is 0.182. The number of hydrogen-bond donors (Lipinski definition) is 0. The summed E-state index contributed by atoms with van der Waals surface area (Å²) in [5, 5.41) is 4.38. The van der Waals surface area contributed by atoms with Gasteiger partial charge in [0.1, 0.15) is 17.4 Å². The first-order valence-corrected chi connectivity index (χ1v) is 11.3. The van der Waals surface area contributed by atoms with Crippen molar-refractivity contribution in [3.8, 4) is 10.4 Å². The van der Waals surface area contributed by atoms with Gasteiger partial charge in [-0.1, -0.05) is 24.3 Å². The van der Waals surface area contributed by atoms with Crippen molar-refractivity contribution in [2.75, 3.05) is 12.0 Å². The second-order valence-electron chi connectivity index (χ2n) is 7.12. The molecule has 0 aliphatic carbocycles. The van der Waals surface area contributed by atoms with Crippen molar-refractivity contribution in [3.05, 3.63) is 69.4 Å². The van der Waals surface area contributed by atoms with E-state index in [4.69, 9.17) is 4.74 Å². The zero-order valence-electron chi connectivity index (χ0n) is 16.5. The zero-order chi connectivity index (χ0) is 21.5. The minimum absolute atomic E-state index is 0.219. The first kappa shape index (κ1) is 19.7. The Morgan fingerprint density at radius 1 is 1.19 bits per heavy atom. The number of thiophene rings is 2. The molecule has 31 heavy (non-hydrogen) atoms. The van der Waals surface area contributed by atoms with Gasteiger partial charge in [0.2, 0.25) is 5.91 Å². The third-order valence-corrected chi connectivity index (χ3v) is 7.16. The Bertz CT molecular complexity index is 1360. The highest BCUT2D eigenvalue weighted by atomic mass is 32.1. The minimum Gasteiger partial charge on any atom is -0.467 e. The van der Waals surface area contributed by atoms with E-state index in [2.05, 4.69) is 4.98 Å². The lowest BCUT2D eigenvalue weighted by molar-refractivity contribution is -0.143. The molecule has 1 aromatic carbocycles. The van der Waals surface area contributed by atoms with Gasteiger partial charge in [-0.25, -0.2) is 9.78 Å². The van der Waals surface area contributed by atoms with E-state index < -0.39 is 12.0 Å². The molecule has 1 atom stereocenters. The number of rotatable bonds is 4. The number of ether oxygens (including phenoxy) is 1. The summed E-state index contributed by atoms with van der Waals surface area (Å²) < 4.78 is 6.22. The van der Waals surface area contributed by atoms with E-state index in [1.54, 1.807) is 17.4 Å². The van der Waals surface area contributed by atoms with Crippen LogP contribution in [0.5, 0.6) is 0 Å². The Labute approximate surface area is 185 Å². The average Bonchev–Trinajstić information content (AvgIpc) is 3.52. The maximum atomic E-state index is 13.3. The van der Waals surface area contributed by atoms with Crippen LogP contribution in [0.3, 0.4) is 0 Å². The first-order chi connectivity index (χ1) is 15.1. The first-order valence-electron chi connectivity index (χ1n) is 9.57. The molecule has 1 unspecified atom stereocenters. The number of hydrogen-bond acceptors (Lipinski definition) is 7. The van der Waals surface area contributed by atoms with Crippen molar-refractivity contribution in [3.63, 3.8) is 0 Å². The van der Waals surface area contributed by atoms with Crippen molar-refractivity contribution in [2.24, 2.45) is 0 Å². The molecule has 0 fully saturated rings. The molecule has 0 saturated heterocycles. The molecular formula is C22H17N3O4S2. The van der Waals surface area contributed by atoms with E-state index in [-0.39, 0.29) is 18.0 Å². The van der Waals surface area contributed by atoms with Crippen LogP contribution in [0.25, 0.3) is 20.7 Å². The van der Waals surface area contributed by atoms with Gasteiger partial charge < -0.3 is 4.74 Å². The second-order valence-corrected chi connectivity index (χ2v) is 8.93. The summed E-state index contributed by atoms with van der Waals surface area (Å²) in [6.07, 6.45) is 1.78. The van der Waals surface area contributed by atoms with Crippen LogP contribution in [0.2, 0.25) is 0 Å². The number of methoxy groups -OCH3 is 1. The van der Waals surface area contributed by atoms with E-state index in [1.165, 1.54) is 34.2 Å². The summed E-state index contributed by atoms with van der Waals surface area (Å²) in [7, 11) is 1.30. The molecule has 0 N–H and O–H groups in total. The van der Waals surface area contributed by atoms with Gasteiger partial charge >= 0.3 is 5.97 Å². The highest BCUT2D eigenvalue weighted by molar-refractivity contribution is 7.18. The molecule has 5 rings (SSSR count). The topological polar surface area (TPSA) is 81.5 Å². The van der Waals surface area contributed by atoms with Crippen LogP contribution in [-0.2, 0) is 27.3 Å². The minimum atomic E-state index is -0.745. The molecule has 0 radical (unpaired) electrons. The smallest absolute Gasteiger partial charge is 0.329 e. The molecule has 1 aliphatic rings. The number of anilines is 1. The number of benzene rings is 1. The fourth-order valence-electron chi connectivity index (χ4n) is 3.93. The van der Waals surface area contributed by atoms with Crippen molar-refractivity contribution >= 4 is 50.5 Å². The van der Waals surface area contributed by atoms with Crippen LogP contribution in [0.1, 0.15) is 5.56 Å². The van der Waals surface area contributed by atoms with Gasteiger partial charge in [-0.15, -0.1) is 22.7 Å². The number of para-hydroxylation sites is 1. The molecule has 156 valence electrons. The fourth-order valence-corrected chi connectivity index (χ4v) is 5.65. The average molecular weight is 452 g/mol. The van der Waals surface area contributed by atoms with Crippen LogP contribution in [0.4, 0.5) is 5.69 Å². The Morgan fingerprint density at radius 2 is 2.03 bits per heavy atom. The molecule has 0 bridgehead atoms. The van der Waals surface area contributed by atoms with Crippen molar-refractivity contribution in [1.82, 2.24) is 9.55 Å². The summed E-state index contributed by atoms with van der Waals surface area (Å²) in [6, 6.07) is 10.5. The standard InChI is InChI=1S/C22H17N3O4S2/c1-29-22(28)16-9-13-5-2-3-6-15(13)25(16)18(26)10-24-12-23-20-19(21(24)27)14(11-31-20)17-7-4-8-30-17/h2-8,11-12,16H,9-10H2,1H3. The number of aromatic nitrogens is 2. The number of amides is 1. The van der Waals surface area contributed by atoms with Gasteiger partial charge in [-0.2, -0.15) is 0 Å². The monoisotopic (exact) mass is 451 g/mol. The third-order valence-electron chi connectivity index (χ3n) is 5.37. The predicted octanol–water partition coefficient (Wildman–Crippen LogP) is 3.32. The van der Waals surface area contributed by atoms with Crippen LogP contribution in [0, 0.1) is 0 Å². The number of esters is 1. The molecule has 4 heterocycles. The van der Waals surface area contributed by atoms with Gasteiger partial charge in [-0.3, -0.25) is 19.1 Å². The quantitative estimate of drug-likeness (QED) is 0.445. The van der Waals surface area contributed by atoms with Crippen molar-refractivity contribution in [2.45, 2.75) is 19.0 Å². The van der Waals surface area contributed by atoms with E-state index in [0.717, 1.165) is 16.0 Å². The predicted molar refractivity (Wildman–Crippen MR) is 121 cm³/mol. The molecule has 9 heteroatoms. The second kappa shape index (κ2) is 7.75. The Morgan fingerprint density at radius 3 is 2.81 bits per heavy atom. The maximum Gasteiger partial charge on any atom is 0.329 e. The summed E-state index contributed by atoms with van der Waals surface area (Å²) >= 11 is 2.95. The van der Waals surface area contributed by atoms with E-state index in [9.17, 15) is 14.4 Å². The summed E-state index contributed by atoms with van der Waals surface area (Å²) in [5.41, 5.74) is 2.11. The Hall–Kier alpha value is -3.30. The molecule has 0 spiro atoms. The van der Waals surface area contributed by atoms with E-state index >= 15 is 0 Å². The lowest BCUT2D eigenvalue weighted by Gasteiger charge is -2.24. The number of fused-ring (bicyclic) bond motifs is 2. The largest absolute Gasteiger partial charge is 0.467 e. The van der Waals surface area contributed by atoms with Gasteiger partial charge in [0.05, 0.1) is 18.8 Å². The Kier molecular flexibility index (Phi) is 4.91. The summed E-state index contributed by atoms with van der Waals surface area (Å²) in [5.74, 6) is -0.847. The normalized spacial score (nSPS) is 15.3. The SMILES string of the molecule is COC(=O)C1Cc2ccccc2N1C(=O)Cn1cnc2scc(-c3cccs3)c2c1=O. The number of nitrogens with zero attached hydrogens (tertiary/aromatic N) is 3. The third kappa shape index (κ3) is 3.26. The number of carbonyl (C=O) groups excluding carboxylic acids is 2. The lowest BCUT2D eigenvalue weighted by Crippen LogP contribution is -2.45. The molecular weight excluding hydrogens is 434 g/mol. The molecule has 1 amide bonds. The van der Waals surface area contributed by atoms with Crippen LogP contribution >= 0.6 is 22.7 Å². The molecule has 7 nitrogen and oxygen atoms in total. The number of carbonyl (C=O) groups is 2. The zero-order valence-corrected chi connectivity index (χ0v) is 18.1. The van der Waals surface area contributed by atoms with Crippen LogP contribution in [-0.4, -0.2) is 34.6 Å². The van der Waals surface area contributed by atoms with Crippen molar-refractivity contribution < 1.29 is 14.3 Å². The molecule has 3 aromatic heterocycles. The van der Waals surface area contributed by atoms with Gasteiger partial charge in [0.25, 0.3) is 5.56 Å². The van der Waals surface area contributed by atoms with Gasteiger partial charge in [-0.05, 0) is 23.1 Å². The van der Waals surface area contributed by atoms with Gasteiger partial charge in [0.15, 0.2) is 0 Å². The molecule has 0 saturated carbocycles. The lowest BCUT2D eigenvalue weighted by atomic mass is 10.1.